The number of hydrogen-bond acceptors (Lipinski definition) is 2. The van der Waals surface area contributed by atoms with Crippen molar-refractivity contribution in [3.63, 3.8) is 0 Å². The Kier molecular flexibility index (Phi) is 8.21. The second-order valence-electron chi connectivity index (χ2n) is 5.04. The topological polar surface area (TPSA) is 34.1 Å². The van der Waals surface area contributed by atoms with Crippen LogP contribution in [-0.2, 0) is 16.0 Å². The number of carbonyl (C=O) groups excluding carboxylic acids is 2. The Balaban J connectivity index is 0.000000220. The first-order chi connectivity index (χ1) is 10.6. The zero-order valence-electron chi connectivity index (χ0n) is 13.2. The number of rotatable bonds is 5. The van der Waals surface area contributed by atoms with Crippen LogP contribution in [0.2, 0.25) is 0 Å². The number of aryl methyl sites for hydroxylation is 1. The number of allylic oxidation sites excluding steroid dienone is 1. The minimum absolute atomic E-state index is 0.0776. The molecule has 0 radical (unpaired) electrons. The Bertz CT molecular complexity index is 598. The molecule has 0 aromatic heterocycles. The van der Waals surface area contributed by atoms with Gasteiger partial charge in [-0.25, -0.2) is 0 Å². The average molecular weight is 294 g/mol. The first-order valence-electron chi connectivity index (χ1n) is 7.35. The van der Waals surface area contributed by atoms with Crippen molar-refractivity contribution in [1.82, 2.24) is 0 Å². The fourth-order valence-corrected chi connectivity index (χ4v) is 1.74. The molecule has 2 heteroatoms. The Hall–Kier alpha value is -2.48. The SMILES string of the molecule is CC(=O)C=Cc1ccccc1.CC(=O)CCc1ccccc1. The summed E-state index contributed by atoms with van der Waals surface area (Å²) >= 11 is 0. The third kappa shape index (κ3) is 8.64. The fraction of sp³-hybridized carbons (Fsp3) is 0.200. The molecule has 0 fully saturated rings. The molecule has 2 aromatic carbocycles. The van der Waals surface area contributed by atoms with E-state index in [2.05, 4.69) is 0 Å². The van der Waals surface area contributed by atoms with Crippen molar-refractivity contribution in [3.8, 4) is 0 Å². The van der Waals surface area contributed by atoms with Crippen molar-refractivity contribution in [1.29, 1.82) is 0 Å². The van der Waals surface area contributed by atoms with E-state index in [4.69, 9.17) is 0 Å². The average Bonchev–Trinajstić information content (AvgIpc) is 2.53. The number of hydrogen-bond donors (Lipinski definition) is 0. The van der Waals surface area contributed by atoms with Crippen LogP contribution >= 0.6 is 0 Å². The Labute approximate surface area is 132 Å². The van der Waals surface area contributed by atoms with Gasteiger partial charge in [0.1, 0.15) is 5.78 Å². The van der Waals surface area contributed by atoms with E-state index >= 15 is 0 Å². The summed E-state index contributed by atoms with van der Waals surface area (Å²) in [4.78, 5) is 21.1. The zero-order chi connectivity index (χ0) is 16.2. The van der Waals surface area contributed by atoms with Crippen LogP contribution in [0, 0.1) is 0 Å². The molecule has 114 valence electrons. The number of benzene rings is 2. The summed E-state index contributed by atoms with van der Waals surface area (Å²) in [5.74, 6) is 0.336. The molecule has 0 N–H and O–H groups in total. The second kappa shape index (κ2) is 10.3. The van der Waals surface area contributed by atoms with Crippen molar-refractivity contribution >= 4 is 17.6 Å². The van der Waals surface area contributed by atoms with Crippen LogP contribution in [0.3, 0.4) is 0 Å². The van der Waals surface area contributed by atoms with Crippen LogP contribution in [0.15, 0.2) is 66.7 Å². The minimum Gasteiger partial charge on any atom is -0.300 e. The van der Waals surface area contributed by atoms with E-state index in [0.29, 0.717) is 6.42 Å². The van der Waals surface area contributed by atoms with Gasteiger partial charge < -0.3 is 4.79 Å². The lowest BCUT2D eigenvalue weighted by atomic mass is 10.1. The van der Waals surface area contributed by atoms with Crippen molar-refractivity contribution in [2.24, 2.45) is 0 Å². The smallest absolute Gasteiger partial charge is 0.152 e. The van der Waals surface area contributed by atoms with Gasteiger partial charge in [0.05, 0.1) is 0 Å². The van der Waals surface area contributed by atoms with Gasteiger partial charge in [0.15, 0.2) is 5.78 Å². The fourth-order valence-electron chi connectivity index (χ4n) is 1.74. The Morgan fingerprint density at radius 2 is 1.41 bits per heavy atom. The lowest BCUT2D eigenvalue weighted by Gasteiger charge is -1.96. The van der Waals surface area contributed by atoms with Crippen LogP contribution in [0.1, 0.15) is 31.4 Å². The highest BCUT2D eigenvalue weighted by atomic mass is 16.1. The van der Waals surface area contributed by atoms with Crippen LogP contribution in [0.25, 0.3) is 6.08 Å². The zero-order valence-corrected chi connectivity index (χ0v) is 13.2. The van der Waals surface area contributed by atoms with Gasteiger partial charge in [0.2, 0.25) is 0 Å². The van der Waals surface area contributed by atoms with Gasteiger partial charge in [0, 0.05) is 6.42 Å². The van der Waals surface area contributed by atoms with E-state index in [9.17, 15) is 9.59 Å². The van der Waals surface area contributed by atoms with Crippen molar-refractivity contribution < 1.29 is 9.59 Å². The maximum atomic E-state index is 10.6. The van der Waals surface area contributed by atoms with E-state index < -0.39 is 0 Å². The highest BCUT2D eigenvalue weighted by Gasteiger charge is 1.94. The second-order valence-corrected chi connectivity index (χ2v) is 5.04. The molecule has 2 nitrogen and oxygen atoms in total. The van der Waals surface area contributed by atoms with Crippen molar-refractivity contribution in [2.75, 3.05) is 0 Å². The first-order valence-corrected chi connectivity index (χ1v) is 7.35. The molecule has 22 heavy (non-hydrogen) atoms. The van der Waals surface area contributed by atoms with Crippen LogP contribution in [0.4, 0.5) is 0 Å². The maximum Gasteiger partial charge on any atom is 0.152 e. The van der Waals surface area contributed by atoms with Gasteiger partial charge >= 0.3 is 0 Å². The highest BCUT2D eigenvalue weighted by Crippen LogP contribution is 2.02. The number of Topliss-reactive ketones (excluding diaryl/α,β-unsaturated/α-hetero) is 1. The van der Waals surface area contributed by atoms with Gasteiger partial charge in [-0.15, -0.1) is 0 Å². The summed E-state index contributed by atoms with van der Waals surface area (Å²) in [6.07, 6.45) is 4.90. The van der Waals surface area contributed by atoms with Crippen molar-refractivity contribution in [2.45, 2.75) is 26.7 Å². The molecular weight excluding hydrogens is 272 g/mol. The molecule has 0 atom stereocenters. The molecule has 0 saturated heterocycles. The lowest BCUT2D eigenvalue weighted by Crippen LogP contribution is -1.92. The minimum atomic E-state index is 0.0776. The molecule has 0 aliphatic carbocycles. The number of ketones is 2. The largest absolute Gasteiger partial charge is 0.300 e. The summed E-state index contributed by atoms with van der Waals surface area (Å²) in [5.41, 5.74) is 2.30. The van der Waals surface area contributed by atoms with Gasteiger partial charge in [0.25, 0.3) is 0 Å². The quantitative estimate of drug-likeness (QED) is 0.761. The van der Waals surface area contributed by atoms with E-state index in [0.717, 1.165) is 12.0 Å². The molecule has 0 heterocycles. The normalized spacial score (nSPS) is 9.91. The molecule has 0 aliphatic heterocycles. The third-order valence-electron chi connectivity index (χ3n) is 2.92. The van der Waals surface area contributed by atoms with E-state index in [1.165, 1.54) is 5.56 Å². The van der Waals surface area contributed by atoms with Gasteiger partial charge in [-0.1, -0.05) is 66.7 Å². The van der Waals surface area contributed by atoms with E-state index in [1.54, 1.807) is 19.9 Å². The molecule has 0 aliphatic rings. The van der Waals surface area contributed by atoms with Crippen molar-refractivity contribution in [3.05, 3.63) is 77.9 Å². The predicted molar refractivity (Wildman–Crippen MR) is 91.6 cm³/mol. The Morgan fingerprint density at radius 1 is 0.864 bits per heavy atom. The van der Waals surface area contributed by atoms with Gasteiger partial charge in [-0.05, 0) is 37.5 Å². The molecule has 0 bridgehead atoms. The summed E-state index contributed by atoms with van der Waals surface area (Å²) in [6.45, 7) is 3.17. The Morgan fingerprint density at radius 3 is 1.91 bits per heavy atom. The lowest BCUT2D eigenvalue weighted by molar-refractivity contribution is -0.117. The summed E-state index contributed by atoms with van der Waals surface area (Å²) in [5, 5.41) is 0. The summed E-state index contributed by atoms with van der Waals surface area (Å²) in [6, 6.07) is 19.8. The van der Waals surface area contributed by atoms with Crippen LogP contribution < -0.4 is 0 Å². The maximum absolute atomic E-state index is 10.6. The molecule has 0 saturated carbocycles. The van der Waals surface area contributed by atoms with Gasteiger partial charge in [-0.2, -0.15) is 0 Å². The monoisotopic (exact) mass is 294 g/mol. The molecule has 0 amide bonds. The molecule has 2 aromatic rings. The number of carbonyl (C=O) groups is 2. The third-order valence-corrected chi connectivity index (χ3v) is 2.92. The molecule has 0 unspecified atom stereocenters. The highest BCUT2D eigenvalue weighted by molar-refractivity contribution is 5.91. The standard InChI is InChI=1S/C10H12O.C10H10O/c2*1-9(11)7-8-10-5-3-2-4-6-10/h2-6H,7-8H2,1H3;2-8H,1H3. The summed E-state index contributed by atoms with van der Waals surface area (Å²) in [7, 11) is 0. The van der Waals surface area contributed by atoms with E-state index in [1.807, 2.05) is 66.7 Å². The van der Waals surface area contributed by atoms with Gasteiger partial charge in [-0.3, -0.25) is 4.79 Å². The molecular formula is C20H22O2. The summed E-state index contributed by atoms with van der Waals surface area (Å²) < 4.78 is 0. The molecule has 0 spiro atoms. The predicted octanol–water partition coefficient (Wildman–Crippen LogP) is 4.50. The van der Waals surface area contributed by atoms with Crippen LogP contribution in [0.5, 0.6) is 0 Å². The first kappa shape index (κ1) is 17.6. The van der Waals surface area contributed by atoms with E-state index in [-0.39, 0.29) is 11.6 Å². The molecule has 2 rings (SSSR count). The van der Waals surface area contributed by atoms with Crippen LogP contribution in [-0.4, -0.2) is 11.6 Å².